The normalized spacial score (nSPS) is 41.3. The third-order valence-corrected chi connectivity index (χ3v) is 11.3. The molecule has 3 amide bonds. The van der Waals surface area contributed by atoms with Gasteiger partial charge in [0.2, 0.25) is 17.7 Å². The van der Waals surface area contributed by atoms with Crippen LogP contribution in [0.3, 0.4) is 0 Å². The smallest absolute Gasteiger partial charge is 0.246 e. The molecule has 9 unspecified atom stereocenters. The highest BCUT2D eigenvalue weighted by molar-refractivity contribution is 6.03. The summed E-state index contributed by atoms with van der Waals surface area (Å²) < 4.78 is 11.8. The molecule has 1 aromatic carbocycles. The summed E-state index contributed by atoms with van der Waals surface area (Å²) in [5.41, 5.74) is -0.513. The fraction of sp³-hybridized carbons (Fsp3) is 0.667. The first-order chi connectivity index (χ1) is 19.7. The number of benzene rings is 1. The van der Waals surface area contributed by atoms with Crippen LogP contribution in [0.15, 0.2) is 36.4 Å². The second kappa shape index (κ2) is 10.8. The van der Waals surface area contributed by atoms with E-state index in [9.17, 15) is 14.4 Å². The minimum atomic E-state index is -1.14. The van der Waals surface area contributed by atoms with E-state index in [2.05, 4.69) is 38.3 Å². The zero-order valence-corrected chi connectivity index (χ0v) is 25.0. The molecule has 2 bridgehead atoms. The molecular formula is C33H45N3O5. The third-order valence-electron chi connectivity index (χ3n) is 11.3. The zero-order chi connectivity index (χ0) is 29.1. The molecule has 11 atom stereocenters. The van der Waals surface area contributed by atoms with Gasteiger partial charge in [0, 0.05) is 17.8 Å². The molecule has 2 aliphatic carbocycles. The average molecular weight is 564 g/mol. The van der Waals surface area contributed by atoms with E-state index in [1.54, 1.807) is 31.4 Å². The molecule has 6 rings (SSSR count). The SMILES string of the molecule is COc1ccc(NC(=O)C2[C@@H]3C=CC4(O3)C(C(=O)NC3CCCC(C)C3C)N(C3CCCC(C)C3C)C(=O)[C@H]24)cc1. The van der Waals surface area contributed by atoms with Gasteiger partial charge in [-0.2, -0.15) is 0 Å². The average Bonchev–Trinajstić information content (AvgIpc) is 3.60. The van der Waals surface area contributed by atoms with Gasteiger partial charge in [0.1, 0.15) is 17.4 Å². The molecule has 5 aliphatic rings. The Morgan fingerprint density at radius 3 is 2.34 bits per heavy atom. The van der Waals surface area contributed by atoms with Crippen LogP contribution < -0.4 is 15.4 Å². The highest BCUT2D eigenvalue weighted by atomic mass is 16.5. The number of fused-ring (bicyclic) bond motifs is 1. The molecule has 8 nitrogen and oxygen atoms in total. The summed E-state index contributed by atoms with van der Waals surface area (Å²) in [6.07, 6.45) is 9.46. The van der Waals surface area contributed by atoms with Crippen molar-refractivity contribution in [1.82, 2.24) is 10.2 Å². The number of hydrogen-bond acceptors (Lipinski definition) is 5. The van der Waals surface area contributed by atoms with Crippen molar-refractivity contribution in [3.05, 3.63) is 36.4 Å². The van der Waals surface area contributed by atoms with E-state index in [1.807, 2.05) is 17.1 Å². The lowest BCUT2D eigenvalue weighted by atomic mass is 9.73. The third kappa shape index (κ3) is 4.57. The zero-order valence-electron chi connectivity index (χ0n) is 25.0. The van der Waals surface area contributed by atoms with Crippen molar-refractivity contribution in [3.8, 4) is 5.75 Å². The number of carbonyl (C=O) groups excluding carboxylic acids is 3. The van der Waals surface area contributed by atoms with E-state index in [0.717, 1.165) is 32.1 Å². The largest absolute Gasteiger partial charge is 0.497 e. The van der Waals surface area contributed by atoms with Crippen LogP contribution >= 0.6 is 0 Å². The summed E-state index contributed by atoms with van der Waals surface area (Å²) in [4.78, 5) is 44.6. The lowest BCUT2D eigenvalue weighted by Crippen LogP contribution is -2.61. The molecule has 1 aromatic rings. The molecule has 0 aromatic heterocycles. The number of rotatable bonds is 6. The number of nitrogens with one attached hydrogen (secondary N) is 2. The fourth-order valence-corrected chi connectivity index (χ4v) is 8.46. The fourth-order valence-electron chi connectivity index (χ4n) is 8.46. The van der Waals surface area contributed by atoms with Crippen molar-refractivity contribution in [2.24, 2.45) is 35.5 Å². The second-order valence-electron chi connectivity index (χ2n) is 13.4. The summed E-state index contributed by atoms with van der Waals surface area (Å²) in [6.45, 7) is 8.92. The number of ether oxygens (including phenoxy) is 2. The Hall–Kier alpha value is -2.87. The van der Waals surface area contributed by atoms with Crippen LogP contribution in [0.5, 0.6) is 5.75 Å². The van der Waals surface area contributed by atoms with Crippen molar-refractivity contribution in [2.45, 2.75) is 96.1 Å². The predicted molar refractivity (Wildman–Crippen MR) is 156 cm³/mol. The molecule has 2 saturated carbocycles. The van der Waals surface area contributed by atoms with Crippen LogP contribution in [0.1, 0.15) is 66.2 Å². The van der Waals surface area contributed by atoms with Gasteiger partial charge in [-0.05, 0) is 60.8 Å². The molecule has 1 spiro atoms. The van der Waals surface area contributed by atoms with Crippen molar-refractivity contribution >= 4 is 23.4 Å². The number of carbonyl (C=O) groups is 3. The summed E-state index contributed by atoms with van der Waals surface area (Å²) in [5, 5.41) is 6.38. The monoisotopic (exact) mass is 563 g/mol. The van der Waals surface area contributed by atoms with E-state index in [4.69, 9.17) is 9.47 Å². The molecule has 3 heterocycles. The van der Waals surface area contributed by atoms with E-state index >= 15 is 0 Å². The molecule has 8 heteroatoms. The van der Waals surface area contributed by atoms with Crippen LogP contribution in [0.2, 0.25) is 0 Å². The predicted octanol–water partition coefficient (Wildman–Crippen LogP) is 4.55. The van der Waals surface area contributed by atoms with Gasteiger partial charge in [0.15, 0.2) is 0 Å². The Balaban J connectivity index is 1.33. The van der Waals surface area contributed by atoms with Crippen LogP contribution in [0.25, 0.3) is 0 Å². The topological polar surface area (TPSA) is 97.0 Å². The minimum Gasteiger partial charge on any atom is -0.497 e. The van der Waals surface area contributed by atoms with Crippen molar-refractivity contribution in [2.75, 3.05) is 12.4 Å². The minimum absolute atomic E-state index is 0.0639. The van der Waals surface area contributed by atoms with Crippen LogP contribution in [0.4, 0.5) is 5.69 Å². The Kier molecular flexibility index (Phi) is 7.41. The first-order valence-electron chi connectivity index (χ1n) is 15.6. The van der Waals surface area contributed by atoms with Gasteiger partial charge in [-0.3, -0.25) is 14.4 Å². The van der Waals surface area contributed by atoms with Gasteiger partial charge in [0.05, 0.1) is 25.0 Å². The standard InChI is InChI=1S/C33H45N3O5/c1-18-8-6-10-24(20(18)3)35-31(38)29-33-17-16-26(41-33)27(30(37)34-22-12-14-23(40-5)15-13-22)28(33)32(39)36(29)25-11-7-9-19(2)21(25)4/h12-21,24-29H,6-11H2,1-5H3,(H,34,37)(H,35,38)/t18?,19?,20?,21?,24?,25?,26-,27?,28-,29?,33?/m0/s1. The molecular weight excluding hydrogens is 518 g/mol. The highest BCUT2D eigenvalue weighted by Gasteiger charge is 2.73. The number of nitrogens with zero attached hydrogens (tertiary/aromatic N) is 1. The van der Waals surface area contributed by atoms with Gasteiger partial charge >= 0.3 is 0 Å². The quantitative estimate of drug-likeness (QED) is 0.495. The highest BCUT2D eigenvalue weighted by Crippen LogP contribution is 2.57. The van der Waals surface area contributed by atoms with E-state index in [-0.39, 0.29) is 35.7 Å². The molecule has 0 radical (unpaired) electrons. The maximum Gasteiger partial charge on any atom is 0.246 e. The van der Waals surface area contributed by atoms with Gasteiger partial charge in [-0.15, -0.1) is 0 Å². The molecule has 2 N–H and O–H groups in total. The van der Waals surface area contributed by atoms with Gasteiger partial charge in [-0.25, -0.2) is 0 Å². The van der Waals surface area contributed by atoms with Crippen molar-refractivity contribution in [1.29, 1.82) is 0 Å². The number of likely N-dealkylation sites (tertiary alicyclic amines) is 1. The lowest BCUT2D eigenvalue weighted by Gasteiger charge is -2.44. The summed E-state index contributed by atoms with van der Waals surface area (Å²) in [5.74, 6) is 0.320. The molecule has 222 valence electrons. The lowest BCUT2D eigenvalue weighted by molar-refractivity contribution is -0.146. The Morgan fingerprint density at radius 1 is 0.951 bits per heavy atom. The summed E-state index contributed by atoms with van der Waals surface area (Å²) >= 11 is 0. The number of anilines is 1. The van der Waals surface area contributed by atoms with E-state index in [0.29, 0.717) is 29.2 Å². The Bertz CT molecular complexity index is 1220. The van der Waals surface area contributed by atoms with E-state index < -0.39 is 29.6 Å². The molecule has 4 fully saturated rings. The van der Waals surface area contributed by atoms with Gasteiger partial charge < -0.3 is 25.0 Å². The number of amides is 3. The maximum absolute atomic E-state index is 14.5. The van der Waals surface area contributed by atoms with Crippen LogP contribution in [-0.4, -0.2) is 59.6 Å². The van der Waals surface area contributed by atoms with Crippen molar-refractivity contribution in [3.63, 3.8) is 0 Å². The number of hydrogen-bond donors (Lipinski definition) is 2. The van der Waals surface area contributed by atoms with Crippen LogP contribution in [0, 0.1) is 35.5 Å². The summed E-state index contributed by atoms with van der Waals surface area (Å²) in [7, 11) is 1.60. The number of methoxy groups -OCH3 is 1. The Morgan fingerprint density at radius 2 is 1.63 bits per heavy atom. The van der Waals surface area contributed by atoms with Gasteiger partial charge in [-0.1, -0.05) is 65.5 Å². The van der Waals surface area contributed by atoms with Crippen molar-refractivity contribution < 1.29 is 23.9 Å². The maximum atomic E-state index is 14.5. The molecule has 2 saturated heterocycles. The first-order valence-corrected chi connectivity index (χ1v) is 15.6. The van der Waals surface area contributed by atoms with Gasteiger partial charge in [0.25, 0.3) is 0 Å². The Labute approximate surface area is 243 Å². The summed E-state index contributed by atoms with van der Waals surface area (Å²) in [6, 6.07) is 6.36. The first kappa shape index (κ1) is 28.3. The molecule has 41 heavy (non-hydrogen) atoms. The second-order valence-corrected chi connectivity index (χ2v) is 13.4. The van der Waals surface area contributed by atoms with E-state index in [1.165, 1.54) is 6.42 Å². The molecule has 3 aliphatic heterocycles. The van der Waals surface area contributed by atoms with Crippen LogP contribution in [-0.2, 0) is 19.1 Å².